The third kappa shape index (κ3) is 6.07. The van der Waals surface area contributed by atoms with Crippen LogP contribution >= 0.6 is 0 Å². The summed E-state index contributed by atoms with van der Waals surface area (Å²) < 4.78 is 22.0. The highest BCUT2D eigenvalue weighted by Gasteiger charge is 2.67. The molecule has 9 atom stereocenters. The largest absolute Gasteiger partial charge is 0.446 e. The number of likely N-dealkylation sites (tertiary alicyclic amines) is 1. The first kappa shape index (κ1) is 35.3. The highest BCUT2D eigenvalue weighted by atomic mass is 16.6. The highest BCUT2D eigenvalue weighted by Crippen LogP contribution is 2.75. The van der Waals surface area contributed by atoms with Crippen molar-refractivity contribution in [3.63, 3.8) is 0 Å². The van der Waals surface area contributed by atoms with Crippen molar-refractivity contribution in [1.29, 1.82) is 0 Å². The summed E-state index contributed by atoms with van der Waals surface area (Å²) in [5.41, 5.74) is 0.769. The molecule has 10 rings (SSSR count). The number of aromatic nitrogens is 3. The first-order chi connectivity index (χ1) is 25.0. The number of nitrogens with zero attached hydrogens (tertiary/aromatic N) is 5. The Hall–Kier alpha value is -2.36. The number of carbonyl (C=O) groups excluding carboxylic acids is 2. The zero-order valence-corrected chi connectivity index (χ0v) is 32.5. The van der Waals surface area contributed by atoms with E-state index in [-0.39, 0.29) is 47.9 Å². The summed E-state index contributed by atoms with van der Waals surface area (Å²) >= 11 is 0. The van der Waals surface area contributed by atoms with Gasteiger partial charge in [-0.05, 0) is 136 Å². The van der Waals surface area contributed by atoms with Crippen LogP contribution in [-0.4, -0.2) is 80.8 Å². The van der Waals surface area contributed by atoms with Crippen LogP contribution in [0.25, 0.3) is 0 Å². The second-order valence-corrected chi connectivity index (χ2v) is 20.0. The molecule has 52 heavy (non-hydrogen) atoms. The fourth-order valence-corrected chi connectivity index (χ4v) is 14.0. The lowest BCUT2D eigenvalue weighted by Crippen LogP contribution is -2.56. The Morgan fingerprint density at radius 2 is 1.63 bits per heavy atom. The van der Waals surface area contributed by atoms with Gasteiger partial charge in [0, 0.05) is 31.6 Å². The molecule has 8 fully saturated rings. The molecule has 1 aromatic heterocycles. The minimum atomic E-state index is -0.177. The lowest BCUT2D eigenvalue weighted by molar-refractivity contribution is -0.162. The summed E-state index contributed by atoms with van der Waals surface area (Å²) in [6.07, 6.45) is 21.5. The molecule has 0 N–H and O–H groups in total. The molecular formula is C42H65N5O5. The number of fused-ring (bicyclic) bond motifs is 5. The number of ether oxygens (including phenoxy) is 3. The summed E-state index contributed by atoms with van der Waals surface area (Å²) in [6, 6.07) is 0. The number of hydrogen-bond donors (Lipinski definition) is 0. The van der Waals surface area contributed by atoms with E-state index in [1.54, 1.807) is 6.33 Å². The van der Waals surface area contributed by atoms with E-state index >= 15 is 0 Å². The van der Waals surface area contributed by atoms with Crippen LogP contribution in [-0.2, 0) is 27.3 Å². The lowest BCUT2D eigenvalue weighted by Gasteiger charge is -2.64. The SMILES string of the molecule is CC(C)C(OC(=O)N1CCC1)C1CCC2CC3CCCC45CC6(CCCC(OC(=O)N7CCn8cnnc8C7)C(C)(C)C6CCC4C(C3)CC2O1)C5. The van der Waals surface area contributed by atoms with Crippen molar-refractivity contribution < 1.29 is 23.8 Å². The van der Waals surface area contributed by atoms with E-state index in [0.717, 1.165) is 63.0 Å². The maximum absolute atomic E-state index is 13.7. The predicted octanol–water partition coefficient (Wildman–Crippen LogP) is 8.23. The van der Waals surface area contributed by atoms with E-state index in [1.807, 2.05) is 14.4 Å². The van der Waals surface area contributed by atoms with E-state index in [4.69, 9.17) is 14.2 Å². The summed E-state index contributed by atoms with van der Waals surface area (Å²) in [7, 11) is 0. The monoisotopic (exact) mass is 719 g/mol. The molecule has 10 heteroatoms. The van der Waals surface area contributed by atoms with Crippen LogP contribution in [0.1, 0.15) is 136 Å². The molecule has 0 radical (unpaired) electrons. The number of amides is 2. The van der Waals surface area contributed by atoms with Gasteiger partial charge in [-0.15, -0.1) is 10.2 Å². The van der Waals surface area contributed by atoms with Gasteiger partial charge in [-0.3, -0.25) is 4.90 Å². The third-order valence-corrected chi connectivity index (χ3v) is 16.4. The smallest absolute Gasteiger partial charge is 0.410 e. The van der Waals surface area contributed by atoms with Crippen molar-refractivity contribution in [2.24, 2.45) is 51.8 Å². The van der Waals surface area contributed by atoms with Crippen LogP contribution in [0.2, 0.25) is 0 Å². The fourth-order valence-electron chi connectivity index (χ4n) is 14.0. The van der Waals surface area contributed by atoms with Gasteiger partial charge < -0.3 is 23.7 Å². The molecule has 2 saturated heterocycles. The van der Waals surface area contributed by atoms with E-state index in [9.17, 15) is 9.59 Å². The molecule has 4 bridgehead atoms. The summed E-state index contributed by atoms with van der Waals surface area (Å²) in [6.45, 7) is 12.7. The van der Waals surface area contributed by atoms with Gasteiger partial charge in [-0.25, -0.2) is 9.59 Å². The van der Waals surface area contributed by atoms with Gasteiger partial charge in [0.15, 0.2) is 5.82 Å². The summed E-state index contributed by atoms with van der Waals surface area (Å²) in [5.74, 6) is 4.55. The van der Waals surface area contributed by atoms with Crippen molar-refractivity contribution >= 4 is 12.2 Å². The van der Waals surface area contributed by atoms with Crippen molar-refractivity contribution in [2.75, 3.05) is 19.6 Å². The number of hydrogen-bond acceptors (Lipinski definition) is 7. The highest BCUT2D eigenvalue weighted by molar-refractivity contribution is 5.69. The fraction of sp³-hybridized carbons (Fsp3) is 0.905. The number of rotatable bonds is 4. The molecule has 6 aliphatic carbocycles. The van der Waals surface area contributed by atoms with Gasteiger partial charge in [0.1, 0.15) is 18.5 Å². The van der Waals surface area contributed by atoms with Crippen molar-refractivity contribution in [2.45, 2.75) is 168 Å². The van der Waals surface area contributed by atoms with Crippen LogP contribution in [0, 0.1) is 51.8 Å². The Morgan fingerprint density at radius 3 is 2.42 bits per heavy atom. The Labute approximate surface area is 311 Å². The lowest BCUT2D eigenvalue weighted by atomic mass is 9.41. The molecule has 9 aliphatic rings. The minimum Gasteiger partial charge on any atom is -0.446 e. The summed E-state index contributed by atoms with van der Waals surface area (Å²) in [5, 5.41) is 8.28. The van der Waals surface area contributed by atoms with Crippen molar-refractivity contribution in [3.8, 4) is 0 Å². The average Bonchev–Trinajstić information content (AvgIpc) is 3.26. The topological polar surface area (TPSA) is 99.0 Å². The van der Waals surface area contributed by atoms with Crippen molar-refractivity contribution in [1.82, 2.24) is 24.6 Å². The molecule has 288 valence electrons. The predicted molar refractivity (Wildman–Crippen MR) is 196 cm³/mol. The molecule has 2 amide bonds. The maximum atomic E-state index is 13.7. The van der Waals surface area contributed by atoms with Gasteiger partial charge in [0.25, 0.3) is 0 Å². The van der Waals surface area contributed by atoms with Gasteiger partial charge in [0.2, 0.25) is 0 Å². The maximum Gasteiger partial charge on any atom is 0.410 e. The normalized spacial score (nSPS) is 41.4. The molecular weight excluding hydrogens is 654 g/mol. The molecule has 10 nitrogen and oxygen atoms in total. The van der Waals surface area contributed by atoms with E-state index in [1.165, 1.54) is 77.0 Å². The molecule has 2 spiro atoms. The van der Waals surface area contributed by atoms with Gasteiger partial charge in [-0.1, -0.05) is 40.5 Å². The van der Waals surface area contributed by atoms with E-state index in [2.05, 4.69) is 37.9 Å². The van der Waals surface area contributed by atoms with Crippen LogP contribution in [0.4, 0.5) is 9.59 Å². The van der Waals surface area contributed by atoms with Gasteiger partial charge in [-0.2, -0.15) is 0 Å². The zero-order valence-electron chi connectivity index (χ0n) is 32.5. The van der Waals surface area contributed by atoms with Crippen LogP contribution in [0.5, 0.6) is 0 Å². The second kappa shape index (κ2) is 13.4. The minimum absolute atomic E-state index is 0.000656. The first-order valence-corrected chi connectivity index (χ1v) is 21.5. The molecule has 3 aliphatic heterocycles. The van der Waals surface area contributed by atoms with Gasteiger partial charge >= 0.3 is 12.2 Å². The zero-order chi connectivity index (χ0) is 35.8. The molecule has 6 saturated carbocycles. The Bertz CT molecular complexity index is 1480. The average molecular weight is 720 g/mol. The summed E-state index contributed by atoms with van der Waals surface area (Å²) in [4.78, 5) is 30.3. The molecule has 9 unspecified atom stereocenters. The van der Waals surface area contributed by atoms with Crippen LogP contribution < -0.4 is 0 Å². The first-order valence-electron chi connectivity index (χ1n) is 21.5. The second-order valence-electron chi connectivity index (χ2n) is 20.0. The van der Waals surface area contributed by atoms with E-state index in [0.29, 0.717) is 41.7 Å². The number of carbonyl (C=O) groups is 2. The Kier molecular flexibility index (Phi) is 9.13. The molecule has 1 aromatic rings. The van der Waals surface area contributed by atoms with E-state index < -0.39 is 0 Å². The van der Waals surface area contributed by atoms with Crippen LogP contribution in [0.15, 0.2) is 6.33 Å². The van der Waals surface area contributed by atoms with Crippen LogP contribution in [0.3, 0.4) is 0 Å². The molecule has 4 heterocycles. The van der Waals surface area contributed by atoms with Gasteiger partial charge in [0.05, 0.1) is 18.8 Å². The standard InChI is InChI=1S/C42H65N5O5/c1-27(2)37(52-38(48)45-16-7-17-45)32-12-10-29-20-28-8-5-14-41-24-42(25-41)15-6-9-35(51-39(49)46-18-19-47-26-43-44-36(47)23-46)40(3,4)34(42)13-11-31(41)30(21-28)22-33(29)50-32/h26-35,37H,5-25H2,1-4H3. The Balaban J connectivity index is 0.914. The molecule has 0 aromatic carbocycles. The third-order valence-electron chi connectivity index (χ3n) is 16.4. The van der Waals surface area contributed by atoms with Crippen molar-refractivity contribution in [3.05, 3.63) is 12.2 Å². The quantitative estimate of drug-likeness (QED) is 0.309. The Morgan fingerprint density at radius 1 is 0.846 bits per heavy atom.